The van der Waals surface area contributed by atoms with Crippen LogP contribution in [0.2, 0.25) is 18.1 Å². The van der Waals surface area contributed by atoms with Gasteiger partial charge in [0.2, 0.25) is 5.88 Å². The monoisotopic (exact) mass is 801 g/mol. The molecule has 278 valence electrons. The normalized spacial score (nSPS) is 33.5. The van der Waals surface area contributed by atoms with Crippen LogP contribution in [0, 0.1) is 17.2 Å². The van der Waals surface area contributed by atoms with E-state index in [1.165, 1.54) is 23.5 Å². The number of aromatic amines is 1. The molecular formula is C29H41N7O10P2S2Si. The van der Waals surface area contributed by atoms with E-state index in [2.05, 4.69) is 77.1 Å². The lowest BCUT2D eigenvalue weighted by Gasteiger charge is -2.40. The van der Waals surface area contributed by atoms with Crippen molar-refractivity contribution in [1.82, 2.24) is 29.5 Å². The number of imidazole rings is 1. The van der Waals surface area contributed by atoms with Gasteiger partial charge in [-0.3, -0.25) is 13.9 Å². The van der Waals surface area contributed by atoms with Gasteiger partial charge in [0.15, 0.2) is 25.7 Å². The average molecular weight is 802 g/mol. The molecule has 22 heteroatoms. The first-order chi connectivity index (χ1) is 24.1. The summed E-state index contributed by atoms with van der Waals surface area (Å²) in [5.74, 6) is -0.0193. The Balaban J connectivity index is 1.38. The molecule has 9 atom stereocenters. The van der Waals surface area contributed by atoms with Crippen molar-refractivity contribution in [3.05, 3.63) is 41.6 Å². The number of thiol groups is 1. The Morgan fingerprint density at radius 3 is 2.71 bits per heavy atom. The fourth-order valence-electron chi connectivity index (χ4n) is 5.85. The molecular weight excluding hydrogens is 761 g/mol. The van der Waals surface area contributed by atoms with Crippen molar-refractivity contribution in [3.63, 3.8) is 0 Å². The maximum Gasteiger partial charge on any atom is 0.386 e. The van der Waals surface area contributed by atoms with E-state index in [1.54, 1.807) is 12.3 Å². The van der Waals surface area contributed by atoms with Gasteiger partial charge < -0.3 is 37.0 Å². The van der Waals surface area contributed by atoms with E-state index in [9.17, 15) is 14.6 Å². The van der Waals surface area contributed by atoms with E-state index in [4.69, 9.17) is 48.3 Å². The van der Waals surface area contributed by atoms with E-state index in [1.807, 2.05) is 0 Å². The minimum Gasteiger partial charge on any atom is -0.474 e. The molecule has 6 rings (SSSR count). The number of nitriles is 1. The molecule has 1 saturated carbocycles. The lowest BCUT2D eigenvalue weighted by molar-refractivity contribution is -0.0508. The van der Waals surface area contributed by atoms with Crippen LogP contribution in [0.3, 0.4) is 0 Å². The molecule has 2 saturated heterocycles. The molecule has 0 radical (unpaired) electrons. The van der Waals surface area contributed by atoms with Crippen LogP contribution in [-0.2, 0) is 48.2 Å². The summed E-state index contributed by atoms with van der Waals surface area (Å²) in [6.45, 7) is 2.33. The molecule has 3 aliphatic rings. The minimum atomic E-state index is -4.15. The van der Waals surface area contributed by atoms with Crippen molar-refractivity contribution in [1.29, 1.82) is 5.26 Å². The lowest BCUT2D eigenvalue weighted by atomic mass is 10.1. The van der Waals surface area contributed by atoms with Crippen LogP contribution in [0.1, 0.15) is 46.3 Å². The SMILES string of the molecule is CC(C)(C)[Si](C)(C)O[C@H]1[C@H]2O[P@](=O)(S)OC[C@H]3C[C@@H](Oc4ccncn4)C[C@@H]3O[P@](=S)(OCCC#N)OC[C@H]1O[C@H]2n1cnc2c(=O)[nH]cnc21. The smallest absolute Gasteiger partial charge is 0.386 e. The number of hydrogen-bond acceptors (Lipinski definition) is 16. The predicted molar refractivity (Wildman–Crippen MR) is 192 cm³/mol. The highest BCUT2D eigenvalue weighted by molar-refractivity contribution is 8.44. The topological polar surface area (TPSA) is 204 Å². The summed E-state index contributed by atoms with van der Waals surface area (Å²) < 4.78 is 66.5. The summed E-state index contributed by atoms with van der Waals surface area (Å²) in [4.78, 5) is 31.8. The average Bonchev–Trinajstić information content (AvgIpc) is 3.75. The molecule has 0 spiro atoms. The van der Waals surface area contributed by atoms with Gasteiger partial charge in [0.1, 0.15) is 30.7 Å². The molecule has 3 fully saturated rings. The quantitative estimate of drug-likeness (QED) is 0.132. The molecule has 1 aliphatic carbocycles. The van der Waals surface area contributed by atoms with E-state index in [-0.39, 0.29) is 48.5 Å². The van der Waals surface area contributed by atoms with E-state index >= 15 is 0 Å². The van der Waals surface area contributed by atoms with Gasteiger partial charge in [0, 0.05) is 24.6 Å². The number of ether oxygens (including phenoxy) is 2. The van der Waals surface area contributed by atoms with Gasteiger partial charge in [-0.05, 0) is 36.4 Å². The molecule has 51 heavy (non-hydrogen) atoms. The van der Waals surface area contributed by atoms with Crippen molar-refractivity contribution < 1.29 is 41.1 Å². The Morgan fingerprint density at radius 2 is 1.98 bits per heavy atom. The zero-order chi connectivity index (χ0) is 36.6. The zero-order valence-electron chi connectivity index (χ0n) is 28.7. The van der Waals surface area contributed by atoms with Crippen LogP contribution in [0.25, 0.3) is 11.2 Å². The molecule has 0 amide bonds. The van der Waals surface area contributed by atoms with Gasteiger partial charge in [0.25, 0.3) is 5.56 Å². The second-order valence-electron chi connectivity index (χ2n) is 13.9. The fraction of sp³-hybridized carbons (Fsp3) is 0.655. The molecule has 1 N–H and O–H groups in total. The zero-order valence-corrected chi connectivity index (χ0v) is 33.2. The Morgan fingerprint density at radius 1 is 1.18 bits per heavy atom. The molecule has 17 nitrogen and oxygen atoms in total. The van der Waals surface area contributed by atoms with Crippen molar-refractivity contribution in [2.75, 3.05) is 19.8 Å². The van der Waals surface area contributed by atoms with Crippen LogP contribution >= 0.6 is 25.8 Å². The van der Waals surface area contributed by atoms with Crippen LogP contribution in [-0.4, -0.2) is 88.1 Å². The molecule has 5 heterocycles. The van der Waals surface area contributed by atoms with Crippen LogP contribution in [0.4, 0.5) is 0 Å². The summed E-state index contributed by atoms with van der Waals surface area (Å²) in [6.07, 6.45) is 1.51. The number of nitrogens with one attached hydrogen (secondary N) is 1. The molecule has 0 aromatic carbocycles. The van der Waals surface area contributed by atoms with Crippen molar-refractivity contribution in [2.24, 2.45) is 5.92 Å². The predicted octanol–water partition coefficient (Wildman–Crippen LogP) is 5.06. The maximum absolute atomic E-state index is 14.2. The van der Waals surface area contributed by atoms with Crippen molar-refractivity contribution in [3.8, 4) is 11.9 Å². The standard InChI is InChI=1S/C29H41N7O10P2S2Si/c1-29(2,3)51(4,5)46-24-21-14-41-48(50,39-10-6-8-30)44-20-12-19(42-22-7-9-31-15-32-22)11-18(20)13-40-47(38,49)45-25(24)28(43-21)36-17-35-23-26(36)33-16-34-27(23)37/h7,9,15-21,24-25,28H,6,10-14H2,1-5H3,(H,38,49)(H,33,34,37)/t18-,19-,20+,21-,24-,25-,28-,47-,48+/m1/s1. The third-order valence-electron chi connectivity index (χ3n) is 9.42. The minimum absolute atomic E-state index is 0.0284. The summed E-state index contributed by atoms with van der Waals surface area (Å²) in [5.41, 5.74) is -0.172. The third kappa shape index (κ3) is 8.83. The maximum atomic E-state index is 14.2. The highest BCUT2D eigenvalue weighted by atomic mass is 32.7. The van der Waals surface area contributed by atoms with Crippen LogP contribution < -0.4 is 10.3 Å². The third-order valence-corrected chi connectivity index (χ3v) is 17.9. The number of aromatic nitrogens is 6. The van der Waals surface area contributed by atoms with Gasteiger partial charge in [-0.2, -0.15) is 5.26 Å². The van der Waals surface area contributed by atoms with Gasteiger partial charge in [-0.15, -0.1) is 0 Å². The molecule has 3 aromatic rings. The Hall–Kier alpha value is -2.11. The lowest BCUT2D eigenvalue weighted by Crippen LogP contribution is -2.50. The highest BCUT2D eigenvalue weighted by Crippen LogP contribution is 2.60. The van der Waals surface area contributed by atoms with Crippen molar-refractivity contribution in [2.45, 2.75) is 94.9 Å². The first-order valence-electron chi connectivity index (χ1n) is 16.3. The first-order valence-corrected chi connectivity index (χ1v) is 24.5. The molecule has 3 aromatic heterocycles. The van der Waals surface area contributed by atoms with Gasteiger partial charge in [-0.25, -0.2) is 24.5 Å². The number of rotatable bonds is 8. The summed E-state index contributed by atoms with van der Waals surface area (Å²) in [6, 6.07) is 3.69. The van der Waals surface area contributed by atoms with Gasteiger partial charge in [-0.1, -0.05) is 33.0 Å². The second-order valence-corrected chi connectivity index (χ2v) is 24.5. The Kier molecular flexibility index (Phi) is 11.6. The summed E-state index contributed by atoms with van der Waals surface area (Å²) in [7, 11) is -2.58. The van der Waals surface area contributed by atoms with Crippen molar-refractivity contribution >= 4 is 57.1 Å². The summed E-state index contributed by atoms with van der Waals surface area (Å²) >= 11 is 10.4. The Labute approximate surface area is 306 Å². The number of nitrogens with zero attached hydrogens (tertiary/aromatic N) is 6. The highest BCUT2D eigenvalue weighted by Gasteiger charge is 2.55. The van der Waals surface area contributed by atoms with E-state index < -0.39 is 64.0 Å². The largest absolute Gasteiger partial charge is 0.474 e. The molecule has 2 bridgehead atoms. The number of hydrogen-bond donors (Lipinski definition) is 2. The first kappa shape index (κ1) is 38.6. The van der Waals surface area contributed by atoms with E-state index in [0.29, 0.717) is 18.7 Å². The molecule has 2 aliphatic heterocycles. The second kappa shape index (κ2) is 15.3. The van der Waals surface area contributed by atoms with Gasteiger partial charge >= 0.3 is 13.5 Å². The van der Waals surface area contributed by atoms with Gasteiger partial charge in [0.05, 0.1) is 51.1 Å². The number of H-pyrrole nitrogens is 1. The fourth-order valence-corrected chi connectivity index (χ4v) is 10.8. The summed E-state index contributed by atoms with van der Waals surface area (Å²) in [5, 5.41) is 9.00. The Bertz CT molecular complexity index is 1890. The molecule has 0 unspecified atom stereocenters. The van der Waals surface area contributed by atoms with Crippen LogP contribution in [0.5, 0.6) is 5.88 Å². The number of fused-ring (bicyclic) bond motifs is 4. The van der Waals surface area contributed by atoms with Crippen LogP contribution in [0.15, 0.2) is 36.0 Å². The van der Waals surface area contributed by atoms with E-state index in [0.717, 1.165) is 0 Å².